The van der Waals surface area contributed by atoms with Crippen LogP contribution < -0.4 is 10.9 Å². The van der Waals surface area contributed by atoms with Crippen LogP contribution in [0.3, 0.4) is 0 Å². The van der Waals surface area contributed by atoms with Gasteiger partial charge in [0.15, 0.2) is 5.69 Å². The molecule has 0 spiro atoms. The second kappa shape index (κ2) is 12.4. The number of hydrogen-bond donors (Lipinski definition) is 3. The van der Waals surface area contributed by atoms with Gasteiger partial charge in [-0.25, -0.2) is 14.5 Å². The Hall–Kier alpha value is -5.69. The van der Waals surface area contributed by atoms with E-state index in [4.69, 9.17) is 21.7 Å². The molecule has 3 aromatic carbocycles. The Kier molecular flexibility index (Phi) is 8.16. The maximum atomic E-state index is 13.7. The molecule has 0 aliphatic carbocycles. The molecule has 232 valence electrons. The van der Waals surface area contributed by atoms with Gasteiger partial charge >= 0.3 is 12.3 Å². The maximum Gasteiger partial charge on any atom is 0.436 e. The van der Waals surface area contributed by atoms with Crippen molar-refractivity contribution in [3.8, 4) is 28.1 Å². The molecule has 1 amide bonds. The minimum Gasteiger partial charge on any atom is -0.465 e. The van der Waals surface area contributed by atoms with E-state index in [0.29, 0.717) is 39.8 Å². The average molecular weight is 646 g/mol. The number of pyridine rings is 1. The second-order valence-corrected chi connectivity index (χ2v) is 10.7. The first-order valence-corrected chi connectivity index (χ1v) is 14.1. The molecule has 0 fully saturated rings. The van der Waals surface area contributed by atoms with Gasteiger partial charge in [0, 0.05) is 46.7 Å². The summed E-state index contributed by atoms with van der Waals surface area (Å²) >= 11 is 6.26. The maximum absolute atomic E-state index is 13.7. The molecule has 0 aliphatic heterocycles. The standard InChI is InChI=1S/C32H23ClF3N7O3/c33-22-8-11-26(43-18-28(40-41-43)32(34,35)36)24(16-22)21-12-13-42(29(44)15-21)27(14-19-4-2-1-3-5-19)30-37-17-25(39-30)20-6-9-23(10-7-20)38-31(45)46/h1-13,15-18,27,38H,14H2,(H,37,39)(H,45,46). The number of alkyl halides is 3. The molecular formula is C32H23ClF3N7O3. The van der Waals surface area contributed by atoms with Crippen molar-refractivity contribution in [1.82, 2.24) is 29.5 Å². The number of amides is 1. The van der Waals surface area contributed by atoms with E-state index in [1.807, 2.05) is 30.3 Å². The number of aromatic amines is 1. The highest BCUT2D eigenvalue weighted by Gasteiger charge is 2.34. The first kappa shape index (κ1) is 30.3. The highest BCUT2D eigenvalue weighted by Crippen LogP contribution is 2.32. The Morgan fingerprint density at radius 2 is 1.76 bits per heavy atom. The second-order valence-electron chi connectivity index (χ2n) is 10.3. The van der Waals surface area contributed by atoms with Gasteiger partial charge in [0.05, 0.1) is 23.6 Å². The van der Waals surface area contributed by atoms with E-state index >= 15 is 0 Å². The molecule has 0 bridgehead atoms. The number of carbonyl (C=O) groups is 1. The molecule has 3 N–H and O–H groups in total. The zero-order valence-electron chi connectivity index (χ0n) is 23.6. The summed E-state index contributed by atoms with van der Waals surface area (Å²) in [7, 11) is 0. The summed E-state index contributed by atoms with van der Waals surface area (Å²) in [5, 5.41) is 18.4. The highest BCUT2D eigenvalue weighted by atomic mass is 35.5. The number of nitrogens with zero attached hydrogens (tertiary/aromatic N) is 5. The predicted octanol–water partition coefficient (Wildman–Crippen LogP) is 7.08. The summed E-state index contributed by atoms with van der Waals surface area (Å²) in [5.41, 5.74) is 2.20. The number of halogens is 4. The van der Waals surface area contributed by atoms with Gasteiger partial charge in [0.2, 0.25) is 0 Å². The molecule has 6 rings (SSSR count). The third-order valence-electron chi connectivity index (χ3n) is 7.20. The SMILES string of the molecule is O=C(O)Nc1ccc(-c2c[nH]c(C(Cc3ccccc3)n3ccc(-c4cc(Cl)ccc4-n4cc(C(F)(F)F)nn4)cc3=O)n2)cc1. The van der Waals surface area contributed by atoms with E-state index < -0.39 is 24.0 Å². The molecule has 1 unspecified atom stereocenters. The fourth-order valence-electron chi connectivity index (χ4n) is 5.03. The van der Waals surface area contributed by atoms with Crippen LogP contribution in [0.1, 0.15) is 23.1 Å². The van der Waals surface area contributed by atoms with E-state index in [-0.39, 0.29) is 11.2 Å². The summed E-state index contributed by atoms with van der Waals surface area (Å²) in [5.74, 6) is 0.507. The number of H-pyrrole nitrogens is 1. The first-order chi connectivity index (χ1) is 22.0. The minimum absolute atomic E-state index is 0.255. The topological polar surface area (TPSA) is 131 Å². The molecule has 10 nitrogen and oxygen atoms in total. The summed E-state index contributed by atoms with van der Waals surface area (Å²) < 4.78 is 42.2. The Labute approximate surface area is 263 Å². The molecule has 3 heterocycles. The molecule has 46 heavy (non-hydrogen) atoms. The van der Waals surface area contributed by atoms with Crippen molar-refractivity contribution in [2.24, 2.45) is 0 Å². The predicted molar refractivity (Wildman–Crippen MR) is 165 cm³/mol. The van der Waals surface area contributed by atoms with Crippen molar-refractivity contribution in [3.05, 3.63) is 136 Å². The van der Waals surface area contributed by atoms with Gasteiger partial charge in [-0.2, -0.15) is 13.2 Å². The van der Waals surface area contributed by atoms with Crippen LogP contribution in [0.15, 0.2) is 108 Å². The van der Waals surface area contributed by atoms with Crippen LogP contribution in [0, 0.1) is 0 Å². The van der Waals surface area contributed by atoms with E-state index in [0.717, 1.165) is 22.0 Å². The number of aromatic nitrogens is 6. The molecule has 3 aromatic heterocycles. The third kappa shape index (κ3) is 6.54. The van der Waals surface area contributed by atoms with Gasteiger partial charge in [-0.3, -0.25) is 10.1 Å². The summed E-state index contributed by atoms with van der Waals surface area (Å²) in [4.78, 5) is 32.6. The van der Waals surface area contributed by atoms with Gasteiger partial charge in [-0.1, -0.05) is 59.3 Å². The monoisotopic (exact) mass is 645 g/mol. The van der Waals surface area contributed by atoms with Gasteiger partial charge in [-0.15, -0.1) is 5.10 Å². The summed E-state index contributed by atoms with van der Waals surface area (Å²) in [6.07, 6.45) is -1.35. The largest absolute Gasteiger partial charge is 0.465 e. The first-order valence-electron chi connectivity index (χ1n) is 13.8. The lowest BCUT2D eigenvalue weighted by molar-refractivity contribution is -0.141. The zero-order chi connectivity index (χ0) is 32.4. The van der Waals surface area contributed by atoms with Crippen LogP contribution in [0.4, 0.5) is 23.7 Å². The molecule has 14 heteroatoms. The zero-order valence-corrected chi connectivity index (χ0v) is 24.4. The van der Waals surface area contributed by atoms with Crippen LogP contribution in [0.2, 0.25) is 5.02 Å². The lowest BCUT2D eigenvalue weighted by Gasteiger charge is -2.19. The molecule has 0 saturated carbocycles. The van der Waals surface area contributed by atoms with Crippen LogP contribution in [0.25, 0.3) is 28.1 Å². The Bertz CT molecular complexity index is 2070. The number of carboxylic acid groups (broad SMARTS) is 1. The number of hydrogen-bond acceptors (Lipinski definition) is 5. The van der Waals surface area contributed by atoms with E-state index in [1.165, 1.54) is 22.8 Å². The number of anilines is 1. The van der Waals surface area contributed by atoms with Gasteiger partial charge in [0.25, 0.3) is 5.56 Å². The van der Waals surface area contributed by atoms with Crippen LogP contribution in [-0.2, 0) is 12.6 Å². The lowest BCUT2D eigenvalue weighted by atomic mass is 10.0. The Balaban J connectivity index is 1.37. The molecular weight excluding hydrogens is 623 g/mol. The van der Waals surface area contributed by atoms with Crippen molar-refractivity contribution in [1.29, 1.82) is 0 Å². The Morgan fingerprint density at radius 3 is 2.43 bits per heavy atom. The normalized spacial score (nSPS) is 12.2. The number of nitrogens with one attached hydrogen (secondary N) is 2. The number of rotatable bonds is 8. The quantitative estimate of drug-likeness (QED) is 0.162. The Morgan fingerprint density at radius 1 is 1.00 bits per heavy atom. The average Bonchev–Trinajstić information content (AvgIpc) is 3.72. The number of benzene rings is 3. The van der Waals surface area contributed by atoms with E-state index in [9.17, 15) is 22.8 Å². The smallest absolute Gasteiger partial charge is 0.436 e. The fourth-order valence-corrected chi connectivity index (χ4v) is 5.20. The van der Waals surface area contributed by atoms with Crippen LogP contribution in [-0.4, -0.2) is 40.7 Å². The molecule has 0 radical (unpaired) electrons. The van der Waals surface area contributed by atoms with E-state index in [2.05, 4.69) is 20.6 Å². The van der Waals surface area contributed by atoms with Gasteiger partial charge in [-0.05, 0) is 47.5 Å². The highest BCUT2D eigenvalue weighted by molar-refractivity contribution is 6.31. The molecule has 0 aliphatic rings. The van der Waals surface area contributed by atoms with Gasteiger partial charge in [0.1, 0.15) is 5.82 Å². The molecule has 0 saturated heterocycles. The van der Waals surface area contributed by atoms with Crippen molar-refractivity contribution >= 4 is 23.4 Å². The number of imidazole rings is 1. The summed E-state index contributed by atoms with van der Waals surface area (Å²) in [6, 6.07) is 23.3. The van der Waals surface area contributed by atoms with Crippen molar-refractivity contribution in [2.45, 2.75) is 18.6 Å². The third-order valence-corrected chi connectivity index (χ3v) is 7.44. The fraction of sp³-hybridized carbons (Fsp3) is 0.0938. The lowest BCUT2D eigenvalue weighted by Crippen LogP contribution is -2.27. The summed E-state index contributed by atoms with van der Waals surface area (Å²) in [6.45, 7) is 0. The minimum atomic E-state index is -4.67. The molecule has 6 aromatic rings. The van der Waals surface area contributed by atoms with Crippen molar-refractivity contribution in [3.63, 3.8) is 0 Å². The van der Waals surface area contributed by atoms with E-state index in [1.54, 1.807) is 48.8 Å². The van der Waals surface area contributed by atoms with Crippen LogP contribution in [0.5, 0.6) is 0 Å². The van der Waals surface area contributed by atoms with Crippen LogP contribution >= 0.6 is 11.6 Å². The van der Waals surface area contributed by atoms with Crippen molar-refractivity contribution in [2.75, 3.05) is 5.32 Å². The van der Waals surface area contributed by atoms with Crippen molar-refractivity contribution < 1.29 is 23.1 Å². The molecule has 1 atom stereocenters. The van der Waals surface area contributed by atoms with Gasteiger partial charge < -0.3 is 14.7 Å².